The van der Waals surface area contributed by atoms with E-state index >= 15 is 0 Å². The van der Waals surface area contributed by atoms with Crippen molar-refractivity contribution in [2.45, 2.75) is 18.3 Å². The Bertz CT molecular complexity index is 495. The number of carbonyl (C=O) groups is 1. The molecule has 0 spiro atoms. The number of carboxylic acids is 1. The highest BCUT2D eigenvalue weighted by Crippen LogP contribution is 2.52. The number of halogens is 2. The zero-order valence-electron chi connectivity index (χ0n) is 8.96. The Labute approximate surface area is 95.4 Å². The van der Waals surface area contributed by atoms with Gasteiger partial charge in [-0.15, -0.1) is 0 Å². The second kappa shape index (κ2) is 3.58. The monoisotopic (exact) mass is 244 g/mol. The first-order chi connectivity index (χ1) is 7.94. The van der Waals surface area contributed by atoms with Crippen molar-refractivity contribution in [1.82, 2.24) is 0 Å². The van der Waals surface area contributed by atoms with Crippen LogP contribution in [0.5, 0.6) is 11.5 Å². The molecule has 1 aromatic rings. The molecule has 0 heterocycles. The van der Waals surface area contributed by atoms with E-state index in [-0.39, 0.29) is 18.6 Å². The van der Waals surface area contributed by atoms with Gasteiger partial charge in [-0.05, 0) is 12.8 Å². The molecule has 2 N–H and O–H groups in total. The maximum atomic E-state index is 13.9. The third kappa shape index (κ3) is 1.51. The van der Waals surface area contributed by atoms with Crippen LogP contribution in [0.15, 0.2) is 6.07 Å². The van der Waals surface area contributed by atoms with E-state index in [1.807, 2.05) is 0 Å². The van der Waals surface area contributed by atoms with Crippen LogP contribution in [0.4, 0.5) is 8.78 Å². The summed E-state index contributed by atoms with van der Waals surface area (Å²) in [6.45, 7) is 0. The second-order valence-corrected chi connectivity index (χ2v) is 3.99. The van der Waals surface area contributed by atoms with Gasteiger partial charge in [0, 0.05) is 11.6 Å². The molecule has 1 fully saturated rings. The predicted octanol–water partition coefficient (Wildman–Crippen LogP) is 1.80. The van der Waals surface area contributed by atoms with Crippen LogP contribution >= 0.6 is 0 Å². The number of benzene rings is 1. The third-order valence-electron chi connectivity index (χ3n) is 3.01. The molecule has 0 unspecified atom stereocenters. The molecule has 0 amide bonds. The van der Waals surface area contributed by atoms with Crippen LogP contribution in [0.2, 0.25) is 0 Å². The summed E-state index contributed by atoms with van der Waals surface area (Å²) in [5.41, 5.74) is -2.19. The van der Waals surface area contributed by atoms with Crippen LogP contribution in [0, 0.1) is 11.6 Å². The van der Waals surface area contributed by atoms with Crippen LogP contribution < -0.4 is 4.74 Å². The average Bonchev–Trinajstić information content (AvgIpc) is 3.05. The Morgan fingerprint density at radius 2 is 2.00 bits per heavy atom. The smallest absolute Gasteiger partial charge is 0.314 e. The molecular weight excluding hydrogens is 234 g/mol. The third-order valence-corrected chi connectivity index (χ3v) is 3.01. The fourth-order valence-electron chi connectivity index (χ4n) is 1.86. The zero-order valence-corrected chi connectivity index (χ0v) is 8.96. The number of aliphatic carboxylic acids is 1. The molecule has 2 rings (SSSR count). The summed E-state index contributed by atoms with van der Waals surface area (Å²) >= 11 is 0. The number of phenolic OH excluding ortho intramolecular Hbond substituents is 1. The minimum Gasteiger partial charge on any atom is -0.505 e. The molecule has 1 aliphatic rings. The summed E-state index contributed by atoms with van der Waals surface area (Å²) in [5.74, 6) is -4.79. The van der Waals surface area contributed by atoms with Gasteiger partial charge in [-0.3, -0.25) is 4.79 Å². The molecule has 0 atom stereocenters. The second-order valence-electron chi connectivity index (χ2n) is 3.99. The van der Waals surface area contributed by atoms with E-state index in [1.54, 1.807) is 0 Å². The van der Waals surface area contributed by atoms with Crippen molar-refractivity contribution in [2.24, 2.45) is 0 Å². The van der Waals surface area contributed by atoms with Crippen molar-refractivity contribution in [3.63, 3.8) is 0 Å². The Morgan fingerprint density at radius 1 is 1.41 bits per heavy atom. The lowest BCUT2D eigenvalue weighted by atomic mass is 9.94. The van der Waals surface area contributed by atoms with E-state index in [0.29, 0.717) is 0 Å². The lowest BCUT2D eigenvalue weighted by Gasteiger charge is -2.15. The van der Waals surface area contributed by atoms with Crippen molar-refractivity contribution < 1.29 is 28.5 Å². The van der Waals surface area contributed by atoms with Gasteiger partial charge in [0.1, 0.15) is 0 Å². The molecule has 1 aliphatic carbocycles. The van der Waals surface area contributed by atoms with Crippen molar-refractivity contribution in [1.29, 1.82) is 0 Å². The number of phenols is 1. The number of ether oxygens (including phenoxy) is 1. The average molecular weight is 244 g/mol. The minimum atomic E-state index is -1.57. The zero-order chi connectivity index (χ0) is 12.8. The fraction of sp³-hybridized carbons (Fsp3) is 0.364. The summed E-state index contributed by atoms with van der Waals surface area (Å²) in [6.07, 6.45) is 0.283. The van der Waals surface area contributed by atoms with Gasteiger partial charge in [0.2, 0.25) is 0 Å². The first-order valence-electron chi connectivity index (χ1n) is 4.93. The molecule has 1 saturated carbocycles. The molecule has 0 saturated heterocycles. The SMILES string of the molecule is COc1cc(O)c(F)c(C2(C(=O)O)CC2)c1F. The van der Waals surface area contributed by atoms with Gasteiger partial charge in [-0.1, -0.05) is 0 Å². The first kappa shape index (κ1) is 11.6. The first-order valence-corrected chi connectivity index (χ1v) is 4.93. The van der Waals surface area contributed by atoms with Crippen LogP contribution in [0.1, 0.15) is 18.4 Å². The van der Waals surface area contributed by atoms with Gasteiger partial charge < -0.3 is 14.9 Å². The molecule has 0 aromatic heterocycles. The lowest BCUT2D eigenvalue weighted by Crippen LogP contribution is -2.23. The van der Waals surface area contributed by atoms with Crippen molar-refractivity contribution in [3.8, 4) is 11.5 Å². The van der Waals surface area contributed by atoms with E-state index in [1.165, 1.54) is 0 Å². The van der Waals surface area contributed by atoms with E-state index in [4.69, 9.17) is 5.11 Å². The maximum Gasteiger partial charge on any atom is 0.314 e. The van der Waals surface area contributed by atoms with E-state index < -0.39 is 34.3 Å². The van der Waals surface area contributed by atoms with Gasteiger partial charge in [0.05, 0.1) is 12.5 Å². The maximum absolute atomic E-state index is 13.9. The molecule has 4 nitrogen and oxygen atoms in total. The normalized spacial score (nSPS) is 16.6. The van der Waals surface area contributed by atoms with E-state index in [2.05, 4.69) is 4.74 Å². The number of hydrogen-bond acceptors (Lipinski definition) is 3. The van der Waals surface area contributed by atoms with Gasteiger partial charge in [0.25, 0.3) is 0 Å². The lowest BCUT2D eigenvalue weighted by molar-refractivity contribution is -0.140. The summed E-state index contributed by atoms with van der Waals surface area (Å²) in [6, 6.07) is 0.784. The highest BCUT2D eigenvalue weighted by Gasteiger charge is 2.56. The summed E-state index contributed by atoms with van der Waals surface area (Å²) in [4.78, 5) is 11.0. The molecule has 92 valence electrons. The number of rotatable bonds is 3. The minimum absolute atomic E-state index is 0.142. The van der Waals surface area contributed by atoms with Crippen LogP contribution in [0.3, 0.4) is 0 Å². The molecule has 1 aromatic carbocycles. The van der Waals surface area contributed by atoms with Crippen LogP contribution in [0.25, 0.3) is 0 Å². The largest absolute Gasteiger partial charge is 0.505 e. The summed E-state index contributed by atoms with van der Waals surface area (Å²) in [7, 11) is 1.15. The Morgan fingerprint density at radius 3 is 2.41 bits per heavy atom. The van der Waals surface area contributed by atoms with Crippen LogP contribution in [-0.2, 0) is 10.2 Å². The van der Waals surface area contributed by atoms with Gasteiger partial charge in [-0.25, -0.2) is 8.78 Å². The molecule has 0 bridgehead atoms. The van der Waals surface area contributed by atoms with Crippen molar-refractivity contribution >= 4 is 5.97 Å². The summed E-state index contributed by atoms with van der Waals surface area (Å²) in [5, 5.41) is 18.3. The Kier molecular flexibility index (Phi) is 2.45. The number of methoxy groups -OCH3 is 1. The molecule has 6 heteroatoms. The molecular formula is C11H10F2O4. The van der Waals surface area contributed by atoms with Crippen molar-refractivity contribution in [2.75, 3.05) is 7.11 Å². The number of carboxylic acid groups (broad SMARTS) is 1. The Hall–Kier alpha value is -1.85. The molecule has 0 radical (unpaired) electrons. The summed E-state index contributed by atoms with van der Waals surface area (Å²) < 4.78 is 32.2. The highest BCUT2D eigenvalue weighted by atomic mass is 19.1. The quantitative estimate of drug-likeness (QED) is 0.850. The van der Waals surface area contributed by atoms with Gasteiger partial charge >= 0.3 is 5.97 Å². The number of hydrogen-bond donors (Lipinski definition) is 2. The van der Waals surface area contributed by atoms with E-state index in [9.17, 15) is 18.7 Å². The van der Waals surface area contributed by atoms with Crippen molar-refractivity contribution in [3.05, 3.63) is 23.3 Å². The Balaban J connectivity index is 2.69. The molecule has 0 aliphatic heterocycles. The number of aromatic hydroxyl groups is 1. The topological polar surface area (TPSA) is 66.8 Å². The molecule has 17 heavy (non-hydrogen) atoms. The van der Waals surface area contributed by atoms with Crippen LogP contribution in [-0.4, -0.2) is 23.3 Å². The standard InChI is InChI=1S/C11H10F2O4/c1-17-6-4-5(14)8(12)7(9(6)13)11(2-3-11)10(15)16/h4,14H,2-3H2,1H3,(H,15,16). The van der Waals surface area contributed by atoms with E-state index in [0.717, 1.165) is 13.2 Å². The van der Waals surface area contributed by atoms with Gasteiger partial charge in [-0.2, -0.15) is 0 Å². The van der Waals surface area contributed by atoms with Gasteiger partial charge in [0.15, 0.2) is 23.1 Å². The highest BCUT2D eigenvalue weighted by molar-refractivity contribution is 5.85. The predicted molar refractivity (Wildman–Crippen MR) is 53.1 cm³/mol. The fourth-order valence-corrected chi connectivity index (χ4v) is 1.86.